The predicted octanol–water partition coefficient (Wildman–Crippen LogP) is 4.17. The van der Waals surface area contributed by atoms with Crippen LogP contribution in [0.5, 0.6) is 0 Å². The van der Waals surface area contributed by atoms with Gasteiger partial charge in [0.05, 0.1) is 5.69 Å². The predicted molar refractivity (Wildman–Crippen MR) is 80.4 cm³/mol. The summed E-state index contributed by atoms with van der Waals surface area (Å²) in [6.45, 7) is 6.37. The first-order valence-electron chi connectivity index (χ1n) is 6.56. The molecule has 3 aromatic rings. The Hall–Kier alpha value is -2.09. The lowest BCUT2D eigenvalue weighted by Gasteiger charge is -2.07. The molecular formula is C17H18N2. The first-order chi connectivity index (χ1) is 9.06. The van der Waals surface area contributed by atoms with Crippen LogP contribution in [-0.2, 0) is 7.05 Å². The van der Waals surface area contributed by atoms with Gasteiger partial charge in [0.1, 0.15) is 5.82 Å². The number of fused-ring (bicyclic) bond motifs is 1. The molecule has 0 saturated carbocycles. The highest BCUT2D eigenvalue weighted by Crippen LogP contribution is 2.27. The van der Waals surface area contributed by atoms with Gasteiger partial charge in [0.25, 0.3) is 0 Å². The van der Waals surface area contributed by atoms with Crippen molar-refractivity contribution in [3.05, 3.63) is 53.5 Å². The average molecular weight is 250 g/mol. The highest BCUT2D eigenvalue weighted by atomic mass is 15.0. The number of hydrogen-bond acceptors (Lipinski definition) is 1. The fraction of sp³-hybridized carbons (Fsp3) is 0.235. The highest BCUT2D eigenvalue weighted by Gasteiger charge is 2.06. The molecule has 0 saturated heterocycles. The minimum Gasteiger partial charge on any atom is -0.338 e. The van der Waals surface area contributed by atoms with Crippen LogP contribution in [0.1, 0.15) is 17.0 Å². The molecule has 0 aliphatic carbocycles. The standard InChI is InChI=1S/C17H18N2/c1-11-5-6-14-9-15(7-8-16(14)12(11)2)17-10-19(4)13(3)18-17/h5-10H,1-4H3. The van der Waals surface area contributed by atoms with E-state index in [-0.39, 0.29) is 0 Å². The Labute approximate surface area is 113 Å². The molecule has 0 aliphatic heterocycles. The third kappa shape index (κ3) is 1.93. The molecule has 0 atom stereocenters. The summed E-state index contributed by atoms with van der Waals surface area (Å²) < 4.78 is 2.06. The average Bonchev–Trinajstić information content (AvgIpc) is 2.74. The van der Waals surface area contributed by atoms with Crippen molar-refractivity contribution in [3.8, 4) is 11.3 Å². The molecule has 0 amide bonds. The minimum atomic E-state index is 1.04. The monoisotopic (exact) mass is 250 g/mol. The fourth-order valence-electron chi connectivity index (χ4n) is 2.45. The second kappa shape index (κ2) is 4.23. The number of aryl methyl sites for hydroxylation is 4. The largest absolute Gasteiger partial charge is 0.338 e. The van der Waals surface area contributed by atoms with Crippen LogP contribution in [0, 0.1) is 20.8 Å². The van der Waals surface area contributed by atoms with Crippen LogP contribution in [-0.4, -0.2) is 9.55 Å². The molecular weight excluding hydrogens is 232 g/mol. The summed E-state index contributed by atoms with van der Waals surface area (Å²) in [4.78, 5) is 4.59. The Morgan fingerprint density at radius 2 is 1.79 bits per heavy atom. The number of nitrogens with zero attached hydrogens (tertiary/aromatic N) is 2. The molecule has 2 nitrogen and oxygen atoms in total. The Morgan fingerprint density at radius 3 is 2.47 bits per heavy atom. The van der Waals surface area contributed by atoms with Crippen molar-refractivity contribution >= 4 is 10.8 Å². The SMILES string of the molecule is Cc1ccc2cc(-c3cn(C)c(C)n3)ccc2c1C. The summed E-state index contributed by atoms with van der Waals surface area (Å²) in [7, 11) is 2.03. The van der Waals surface area contributed by atoms with E-state index in [1.165, 1.54) is 27.5 Å². The van der Waals surface area contributed by atoms with Crippen LogP contribution in [0.25, 0.3) is 22.0 Å². The smallest absolute Gasteiger partial charge is 0.105 e. The van der Waals surface area contributed by atoms with Gasteiger partial charge in [-0.3, -0.25) is 0 Å². The van der Waals surface area contributed by atoms with Crippen molar-refractivity contribution in [3.63, 3.8) is 0 Å². The van der Waals surface area contributed by atoms with E-state index in [1.807, 2.05) is 14.0 Å². The molecule has 0 fully saturated rings. The van der Waals surface area contributed by atoms with Gasteiger partial charge in [0, 0.05) is 18.8 Å². The minimum absolute atomic E-state index is 1.04. The Balaban J connectivity index is 2.19. The van der Waals surface area contributed by atoms with E-state index in [0.29, 0.717) is 0 Å². The number of aromatic nitrogens is 2. The molecule has 0 spiro atoms. The number of benzene rings is 2. The number of hydrogen-bond donors (Lipinski definition) is 0. The Morgan fingerprint density at radius 1 is 1.00 bits per heavy atom. The normalized spacial score (nSPS) is 11.2. The van der Waals surface area contributed by atoms with Crippen LogP contribution < -0.4 is 0 Å². The van der Waals surface area contributed by atoms with Crippen molar-refractivity contribution < 1.29 is 0 Å². The Kier molecular flexibility index (Phi) is 2.67. The lowest BCUT2D eigenvalue weighted by atomic mass is 9.98. The first-order valence-corrected chi connectivity index (χ1v) is 6.56. The van der Waals surface area contributed by atoms with E-state index >= 15 is 0 Å². The first kappa shape index (κ1) is 12.0. The summed E-state index contributed by atoms with van der Waals surface area (Å²) in [6, 6.07) is 11.0. The van der Waals surface area contributed by atoms with Crippen LogP contribution >= 0.6 is 0 Å². The van der Waals surface area contributed by atoms with Gasteiger partial charge in [0.2, 0.25) is 0 Å². The summed E-state index contributed by atoms with van der Waals surface area (Å²) in [6.07, 6.45) is 2.08. The van der Waals surface area contributed by atoms with E-state index in [2.05, 4.69) is 59.9 Å². The third-order valence-corrected chi connectivity index (χ3v) is 3.96. The maximum atomic E-state index is 4.59. The van der Waals surface area contributed by atoms with Crippen molar-refractivity contribution in [1.29, 1.82) is 0 Å². The number of imidazole rings is 1. The van der Waals surface area contributed by atoms with Gasteiger partial charge in [-0.15, -0.1) is 0 Å². The maximum Gasteiger partial charge on any atom is 0.105 e. The molecule has 0 unspecified atom stereocenters. The zero-order valence-corrected chi connectivity index (χ0v) is 11.9. The molecule has 3 rings (SSSR count). The summed E-state index contributed by atoms with van der Waals surface area (Å²) in [5.41, 5.74) is 4.93. The van der Waals surface area contributed by atoms with Gasteiger partial charge < -0.3 is 4.57 Å². The molecule has 96 valence electrons. The van der Waals surface area contributed by atoms with Crippen LogP contribution in [0.2, 0.25) is 0 Å². The summed E-state index contributed by atoms with van der Waals surface area (Å²) >= 11 is 0. The van der Waals surface area contributed by atoms with Crippen molar-refractivity contribution in [2.75, 3.05) is 0 Å². The Bertz CT molecular complexity index is 747. The molecule has 1 aromatic heterocycles. The van der Waals surface area contributed by atoms with E-state index in [4.69, 9.17) is 0 Å². The molecule has 19 heavy (non-hydrogen) atoms. The van der Waals surface area contributed by atoms with Crippen LogP contribution in [0.4, 0.5) is 0 Å². The van der Waals surface area contributed by atoms with Gasteiger partial charge in [-0.1, -0.05) is 24.3 Å². The molecule has 1 heterocycles. The maximum absolute atomic E-state index is 4.59. The van der Waals surface area contributed by atoms with Gasteiger partial charge in [-0.25, -0.2) is 4.98 Å². The zero-order valence-electron chi connectivity index (χ0n) is 11.9. The molecule has 2 aromatic carbocycles. The lowest BCUT2D eigenvalue weighted by Crippen LogP contribution is -1.86. The second-order valence-corrected chi connectivity index (χ2v) is 5.23. The lowest BCUT2D eigenvalue weighted by molar-refractivity contribution is 0.858. The molecule has 0 bridgehead atoms. The van der Waals surface area contributed by atoms with E-state index in [1.54, 1.807) is 0 Å². The van der Waals surface area contributed by atoms with Gasteiger partial charge in [-0.05, 0) is 48.7 Å². The molecule has 0 N–H and O–H groups in total. The van der Waals surface area contributed by atoms with Gasteiger partial charge >= 0.3 is 0 Å². The van der Waals surface area contributed by atoms with Gasteiger partial charge in [0.15, 0.2) is 0 Å². The quantitative estimate of drug-likeness (QED) is 0.634. The van der Waals surface area contributed by atoms with Crippen molar-refractivity contribution in [2.45, 2.75) is 20.8 Å². The molecule has 0 radical (unpaired) electrons. The second-order valence-electron chi connectivity index (χ2n) is 5.23. The van der Waals surface area contributed by atoms with E-state index in [9.17, 15) is 0 Å². The van der Waals surface area contributed by atoms with Crippen molar-refractivity contribution in [2.24, 2.45) is 7.05 Å². The van der Waals surface area contributed by atoms with Crippen molar-refractivity contribution in [1.82, 2.24) is 9.55 Å². The molecule has 2 heteroatoms. The van der Waals surface area contributed by atoms with Crippen LogP contribution in [0.15, 0.2) is 36.5 Å². The van der Waals surface area contributed by atoms with E-state index < -0.39 is 0 Å². The molecule has 0 aliphatic rings. The summed E-state index contributed by atoms with van der Waals surface area (Å²) in [5.74, 6) is 1.04. The highest BCUT2D eigenvalue weighted by molar-refractivity contribution is 5.90. The van der Waals surface area contributed by atoms with Gasteiger partial charge in [-0.2, -0.15) is 0 Å². The fourth-order valence-corrected chi connectivity index (χ4v) is 2.45. The third-order valence-electron chi connectivity index (χ3n) is 3.96. The van der Waals surface area contributed by atoms with E-state index in [0.717, 1.165) is 11.5 Å². The van der Waals surface area contributed by atoms with Crippen LogP contribution in [0.3, 0.4) is 0 Å². The zero-order chi connectivity index (χ0) is 13.6. The summed E-state index contributed by atoms with van der Waals surface area (Å²) in [5, 5.41) is 2.61. The number of rotatable bonds is 1. The topological polar surface area (TPSA) is 17.8 Å².